The summed E-state index contributed by atoms with van der Waals surface area (Å²) in [6.07, 6.45) is 1.07. The van der Waals surface area contributed by atoms with E-state index in [0.29, 0.717) is 0 Å². The Morgan fingerprint density at radius 2 is 2.00 bits per heavy atom. The van der Waals surface area contributed by atoms with Gasteiger partial charge in [0.05, 0.1) is 16.8 Å². The summed E-state index contributed by atoms with van der Waals surface area (Å²) in [5, 5.41) is 8.67. The summed E-state index contributed by atoms with van der Waals surface area (Å²) in [5.41, 5.74) is -0.127. The van der Waals surface area contributed by atoms with Crippen molar-refractivity contribution in [1.29, 1.82) is 0 Å². The van der Waals surface area contributed by atoms with Crippen LogP contribution in [0.2, 0.25) is 0 Å². The number of hydrogen-bond donors (Lipinski definition) is 2. The molecule has 0 radical (unpaired) electrons. The topological polar surface area (TPSA) is 96.4 Å². The first kappa shape index (κ1) is 13.9. The van der Waals surface area contributed by atoms with E-state index < -0.39 is 21.8 Å². The number of pyridine rings is 1. The van der Waals surface area contributed by atoms with E-state index in [2.05, 4.69) is 9.71 Å². The molecule has 8 heteroatoms. The number of aromatic nitrogens is 1. The van der Waals surface area contributed by atoms with Crippen LogP contribution in [0, 0.1) is 5.82 Å². The molecule has 0 unspecified atom stereocenters. The quantitative estimate of drug-likeness (QED) is 0.895. The second-order valence-electron chi connectivity index (χ2n) is 3.80. The number of aromatic carboxylic acids is 1. The maximum Gasteiger partial charge on any atom is 0.354 e. The van der Waals surface area contributed by atoms with E-state index in [0.717, 1.165) is 24.4 Å². The minimum Gasteiger partial charge on any atom is -0.477 e. The third-order valence-electron chi connectivity index (χ3n) is 2.34. The number of carboxylic acids is 1. The molecule has 2 rings (SSSR count). The molecule has 0 spiro atoms. The van der Waals surface area contributed by atoms with Gasteiger partial charge >= 0.3 is 5.97 Å². The lowest BCUT2D eigenvalue weighted by molar-refractivity contribution is 0.0690. The minimum atomic E-state index is -3.95. The summed E-state index contributed by atoms with van der Waals surface area (Å²) in [6, 6.07) is 6.93. The van der Waals surface area contributed by atoms with Gasteiger partial charge in [-0.3, -0.25) is 4.72 Å². The van der Waals surface area contributed by atoms with E-state index in [1.54, 1.807) is 0 Å². The van der Waals surface area contributed by atoms with Crippen molar-refractivity contribution in [1.82, 2.24) is 4.98 Å². The molecule has 0 aliphatic heterocycles. The molecule has 0 aliphatic carbocycles. The van der Waals surface area contributed by atoms with E-state index >= 15 is 0 Å². The van der Waals surface area contributed by atoms with E-state index in [-0.39, 0.29) is 16.3 Å². The number of benzene rings is 1. The number of carbonyl (C=O) groups is 1. The lowest BCUT2D eigenvalue weighted by Gasteiger charge is -2.07. The standard InChI is InChI=1S/C12H9FN2O4S/c13-8-2-1-3-10(6-8)20(18,19)15-9-4-5-11(12(16)17)14-7-9/h1-7,15H,(H,16,17). The zero-order valence-corrected chi connectivity index (χ0v) is 10.8. The molecule has 0 saturated carbocycles. The minimum absolute atomic E-state index is 0.0826. The first-order valence-electron chi connectivity index (χ1n) is 5.36. The molecular formula is C12H9FN2O4S. The Hall–Kier alpha value is -2.48. The largest absolute Gasteiger partial charge is 0.477 e. The average molecular weight is 296 g/mol. The highest BCUT2D eigenvalue weighted by Gasteiger charge is 2.15. The van der Waals surface area contributed by atoms with Crippen LogP contribution in [-0.4, -0.2) is 24.5 Å². The number of sulfonamides is 1. The van der Waals surface area contributed by atoms with Gasteiger partial charge in [0.25, 0.3) is 10.0 Å². The molecular weight excluding hydrogens is 287 g/mol. The number of nitrogens with zero attached hydrogens (tertiary/aromatic N) is 1. The first-order valence-corrected chi connectivity index (χ1v) is 6.84. The van der Waals surface area contributed by atoms with Crippen LogP contribution in [0.1, 0.15) is 10.5 Å². The molecule has 0 aliphatic rings. The van der Waals surface area contributed by atoms with Crippen molar-refractivity contribution < 1.29 is 22.7 Å². The fourth-order valence-corrected chi connectivity index (χ4v) is 2.50. The average Bonchev–Trinajstić information content (AvgIpc) is 2.39. The zero-order chi connectivity index (χ0) is 14.8. The predicted molar refractivity (Wildman–Crippen MR) is 68.4 cm³/mol. The van der Waals surface area contributed by atoms with Gasteiger partial charge in [-0.05, 0) is 30.3 Å². The molecule has 2 N–H and O–H groups in total. The van der Waals surface area contributed by atoms with Crippen LogP contribution in [0.25, 0.3) is 0 Å². The summed E-state index contributed by atoms with van der Waals surface area (Å²) < 4.78 is 39.1. The van der Waals surface area contributed by atoms with E-state index in [1.165, 1.54) is 18.2 Å². The Morgan fingerprint density at radius 1 is 1.25 bits per heavy atom. The molecule has 0 bridgehead atoms. The molecule has 104 valence electrons. The highest BCUT2D eigenvalue weighted by atomic mass is 32.2. The molecule has 0 fully saturated rings. The molecule has 0 atom stereocenters. The van der Waals surface area contributed by atoms with Crippen molar-refractivity contribution in [3.63, 3.8) is 0 Å². The molecule has 1 aromatic carbocycles. The van der Waals surface area contributed by atoms with Gasteiger partial charge in [0.15, 0.2) is 0 Å². The van der Waals surface area contributed by atoms with Gasteiger partial charge in [0, 0.05) is 0 Å². The van der Waals surface area contributed by atoms with E-state index in [1.807, 2.05) is 0 Å². The van der Waals surface area contributed by atoms with Gasteiger partial charge in [0.1, 0.15) is 11.5 Å². The lowest BCUT2D eigenvalue weighted by Crippen LogP contribution is -2.13. The molecule has 0 saturated heterocycles. The SMILES string of the molecule is O=C(O)c1ccc(NS(=O)(=O)c2cccc(F)c2)cn1. The van der Waals surface area contributed by atoms with Gasteiger partial charge in [-0.1, -0.05) is 6.07 Å². The third kappa shape index (κ3) is 3.09. The summed E-state index contributed by atoms with van der Waals surface area (Å²) >= 11 is 0. The van der Waals surface area contributed by atoms with Gasteiger partial charge in [-0.15, -0.1) is 0 Å². The van der Waals surface area contributed by atoms with Crippen molar-refractivity contribution in [3.05, 3.63) is 54.1 Å². The van der Waals surface area contributed by atoms with Crippen LogP contribution >= 0.6 is 0 Å². The van der Waals surface area contributed by atoms with Crippen molar-refractivity contribution in [2.75, 3.05) is 4.72 Å². The summed E-state index contributed by atoms with van der Waals surface area (Å²) in [4.78, 5) is 14.0. The second kappa shape index (κ2) is 5.25. The molecule has 0 amide bonds. The van der Waals surface area contributed by atoms with Crippen LogP contribution < -0.4 is 4.72 Å². The molecule has 6 nitrogen and oxygen atoms in total. The fraction of sp³-hybridized carbons (Fsp3) is 0. The third-order valence-corrected chi connectivity index (χ3v) is 3.72. The smallest absolute Gasteiger partial charge is 0.354 e. The van der Waals surface area contributed by atoms with E-state index in [9.17, 15) is 17.6 Å². The van der Waals surface area contributed by atoms with Crippen LogP contribution in [0.5, 0.6) is 0 Å². The molecule has 2 aromatic rings. The molecule has 1 heterocycles. The monoisotopic (exact) mass is 296 g/mol. The summed E-state index contributed by atoms with van der Waals surface area (Å²) in [7, 11) is -3.95. The van der Waals surface area contributed by atoms with Gasteiger partial charge in [0.2, 0.25) is 0 Å². The highest BCUT2D eigenvalue weighted by molar-refractivity contribution is 7.92. The number of carboxylic acid groups (broad SMARTS) is 1. The van der Waals surface area contributed by atoms with Gasteiger partial charge in [-0.25, -0.2) is 22.6 Å². The highest BCUT2D eigenvalue weighted by Crippen LogP contribution is 2.16. The maximum atomic E-state index is 13.0. The number of rotatable bonds is 4. The Kier molecular flexibility index (Phi) is 3.66. The molecule has 20 heavy (non-hydrogen) atoms. The van der Waals surface area contributed by atoms with Crippen molar-refractivity contribution in [3.8, 4) is 0 Å². The Morgan fingerprint density at radius 3 is 2.55 bits per heavy atom. The number of anilines is 1. The van der Waals surface area contributed by atoms with Crippen molar-refractivity contribution in [2.45, 2.75) is 4.90 Å². The fourth-order valence-electron chi connectivity index (χ4n) is 1.43. The normalized spacial score (nSPS) is 11.1. The van der Waals surface area contributed by atoms with E-state index in [4.69, 9.17) is 5.11 Å². The van der Waals surface area contributed by atoms with Gasteiger partial charge < -0.3 is 5.11 Å². The second-order valence-corrected chi connectivity index (χ2v) is 5.48. The Balaban J connectivity index is 2.26. The predicted octanol–water partition coefficient (Wildman–Crippen LogP) is 1.72. The van der Waals surface area contributed by atoms with Crippen molar-refractivity contribution >= 4 is 21.7 Å². The molecule has 1 aromatic heterocycles. The Labute approximate surface area is 114 Å². The summed E-state index contributed by atoms with van der Waals surface area (Å²) in [5.74, 6) is -1.89. The maximum absolute atomic E-state index is 13.0. The Bertz CT molecular complexity index is 744. The van der Waals surface area contributed by atoms with Crippen LogP contribution in [0.3, 0.4) is 0 Å². The van der Waals surface area contributed by atoms with Gasteiger partial charge in [-0.2, -0.15) is 0 Å². The number of hydrogen-bond acceptors (Lipinski definition) is 4. The number of halogens is 1. The van der Waals surface area contributed by atoms with Crippen LogP contribution in [0.15, 0.2) is 47.5 Å². The number of nitrogens with one attached hydrogen (secondary N) is 1. The first-order chi connectivity index (χ1) is 9.38. The zero-order valence-electron chi connectivity index (χ0n) is 9.95. The summed E-state index contributed by atoms with van der Waals surface area (Å²) in [6.45, 7) is 0. The van der Waals surface area contributed by atoms with Crippen molar-refractivity contribution in [2.24, 2.45) is 0 Å². The van der Waals surface area contributed by atoms with Crippen LogP contribution in [-0.2, 0) is 10.0 Å². The lowest BCUT2D eigenvalue weighted by atomic mass is 10.3. The van der Waals surface area contributed by atoms with Crippen LogP contribution in [0.4, 0.5) is 10.1 Å².